The maximum Gasteiger partial charge on any atom is 0.0725 e. The van der Waals surface area contributed by atoms with Crippen LogP contribution in [0.2, 0.25) is 0 Å². The van der Waals surface area contributed by atoms with E-state index in [1.807, 2.05) is 0 Å². The number of hydrogen-bond donors (Lipinski definition) is 2. The fourth-order valence-electron chi connectivity index (χ4n) is 5.62. The Morgan fingerprint density at radius 1 is 0.950 bits per heavy atom. The summed E-state index contributed by atoms with van der Waals surface area (Å²) in [5.74, 6) is 0.794. The highest BCUT2D eigenvalue weighted by Crippen LogP contribution is 2.59. The van der Waals surface area contributed by atoms with E-state index in [1.165, 1.54) is 19.3 Å². The molecule has 2 nitrogen and oxygen atoms in total. The van der Waals surface area contributed by atoms with Gasteiger partial charge in [0.15, 0.2) is 0 Å². The molecule has 2 fully saturated rings. The van der Waals surface area contributed by atoms with Gasteiger partial charge in [-0.1, -0.05) is 47.5 Å². The molecule has 118 valence electrons. The van der Waals surface area contributed by atoms with Crippen LogP contribution in [0.3, 0.4) is 0 Å². The predicted molar refractivity (Wildman–Crippen MR) is 85.5 cm³/mol. The summed E-state index contributed by atoms with van der Waals surface area (Å²) < 4.78 is 0. The third-order valence-electron chi connectivity index (χ3n) is 6.11. The van der Waals surface area contributed by atoms with Gasteiger partial charge in [0, 0.05) is 12.0 Å². The third kappa shape index (κ3) is 2.92. The summed E-state index contributed by atoms with van der Waals surface area (Å²) in [6.45, 7) is 12.2. The van der Waals surface area contributed by atoms with Gasteiger partial charge in [-0.15, -0.1) is 0 Å². The highest BCUT2D eigenvalue weighted by Gasteiger charge is 2.57. The van der Waals surface area contributed by atoms with E-state index >= 15 is 0 Å². The summed E-state index contributed by atoms with van der Waals surface area (Å²) in [6, 6.07) is 0. The van der Waals surface area contributed by atoms with Gasteiger partial charge in [-0.2, -0.15) is 0 Å². The number of hydrogen-bond acceptors (Lipinski definition) is 2. The Bertz CT molecular complexity index is 334. The van der Waals surface area contributed by atoms with Crippen molar-refractivity contribution in [2.45, 2.75) is 85.2 Å². The molecule has 0 aromatic carbocycles. The first-order valence-electron chi connectivity index (χ1n) is 8.46. The van der Waals surface area contributed by atoms with Crippen LogP contribution in [0.25, 0.3) is 0 Å². The molecule has 2 rings (SSSR count). The fraction of sp³-hybridized carbons (Fsp3) is 1.00. The van der Waals surface area contributed by atoms with Gasteiger partial charge < -0.3 is 10.8 Å². The van der Waals surface area contributed by atoms with E-state index in [4.69, 9.17) is 5.73 Å². The zero-order valence-electron chi connectivity index (χ0n) is 14.3. The second kappa shape index (κ2) is 4.98. The Balaban J connectivity index is 2.31. The SMILES string of the molecule is CC1CCC(CN)(C2(O)CC(C)(C)CC(C)(C)C2)CC1. The van der Waals surface area contributed by atoms with Crippen LogP contribution in [0.15, 0.2) is 0 Å². The number of nitrogens with two attached hydrogens (primary N) is 1. The van der Waals surface area contributed by atoms with E-state index in [0.29, 0.717) is 6.54 Å². The molecule has 0 spiro atoms. The van der Waals surface area contributed by atoms with E-state index in [9.17, 15) is 5.11 Å². The maximum absolute atomic E-state index is 11.6. The molecule has 0 radical (unpaired) electrons. The second-order valence-corrected chi connectivity index (χ2v) is 9.56. The first kappa shape index (κ1) is 16.3. The van der Waals surface area contributed by atoms with Gasteiger partial charge in [-0.25, -0.2) is 0 Å². The van der Waals surface area contributed by atoms with E-state index in [1.54, 1.807) is 0 Å². The second-order valence-electron chi connectivity index (χ2n) is 9.56. The lowest BCUT2D eigenvalue weighted by Crippen LogP contribution is -2.60. The lowest BCUT2D eigenvalue weighted by Gasteiger charge is -2.59. The molecule has 0 saturated heterocycles. The first-order valence-corrected chi connectivity index (χ1v) is 8.46. The summed E-state index contributed by atoms with van der Waals surface area (Å²) in [5.41, 5.74) is 6.01. The lowest BCUT2D eigenvalue weighted by molar-refractivity contribution is -0.175. The van der Waals surface area contributed by atoms with Crippen LogP contribution in [0.5, 0.6) is 0 Å². The van der Waals surface area contributed by atoms with E-state index in [0.717, 1.165) is 31.6 Å². The van der Waals surface area contributed by atoms with Crippen LogP contribution in [0, 0.1) is 22.2 Å². The Labute approximate surface area is 125 Å². The topological polar surface area (TPSA) is 46.2 Å². The van der Waals surface area contributed by atoms with Crippen LogP contribution in [-0.4, -0.2) is 17.3 Å². The van der Waals surface area contributed by atoms with Crippen molar-refractivity contribution in [3.63, 3.8) is 0 Å². The summed E-state index contributed by atoms with van der Waals surface area (Å²) in [5, 5.41) is 11.6. The molecule has 3 N–H and O–H groups in total. The van der Waals surface area contributed by atoms with Gasteiger partial charge in [-0.05, 0) is 48.9 Å². The van der Waals surface area contributed by atoms with Crippen LogP contribution in [-0.2, 0) is 0 Å². The first-order chi connectivity index (χ1) is 9.03. The van der Waals surface area contributed by atoms with Crippen LogP contribution < -0.4 is 5.73 Å². The zero-order valence-corrected chi connectivity index (χ0v) is 14.3. The molecule has 0 bridgehead atoms. The average molecular weight is 281 g/mol. The molecule has 2 saturated carbocycles. The maximum atomic E-state index is 11.6. The standard InChI is InChI=1S/C18H35NO/c1-14-6-8-17(13-19,9-7-14)18(20)11-15(2,3)10-16(4,5)12-18/h14,20H,6-13,19H2,1-5H3. The number of aliphatic hydroxyl groups is 1. The van der Waals surface area contributed by atoms with Gasteiger partial charge in [0.1, 0.15) is 0 Å². The molecule has 0 aromatic heterocycles. The van der Waals surface area contributed by atoms with Crippen molar-refractivity contribution in [2.75, 3.05) is 6.54 Å². The molecule has 0 heterocycles. The Kier molecular flexibility index (Phi) is 4.06. The van der Waals surface area contributed by atoms with Crippen LogP contribution >= 0.6 is 0 Å². The fourth-order valence-corrected chi connectivity index (χ4v) is 5.62. The normalized spacial score (nSPS) is 39.5. The quantitative estimate of drug-likeness (QED) is 0.800. The lowest BCUT2D eigenvalue weighted by atomic mass is 9.49. The van der Waals surface area contributed by atoms with E-state index < -0.39 is 5.60 Å². The van der Waals surface area contributed by atoms with Crippen molar-refractivity contribution >= 4 is 0 Å². The molecule has 2 heteroatoms. The summed E-state index contributed by atoms with van der Waals surface area (Å²) in [4.78, 5) is 0. The smallest absolute Gasteiger partial charge is 0.0725 e. The summed E-state index contributed by atoms with van der Waals surface area (Å²) in [6.07, 6.45) is 7.67. The van der Waals surface area contributed by atoms with Crippen molar-refractivity contribution in [3.8, 4) is 0 Å². The molecule has 0 aromatic rings. The number of rotatable bonds is 2. The monoisotopic (exact) mass is 281 g/mol. The van der Waals surface area contributed by atoms with Gasteiger partial charge in [0.2, 0.25) is 0 Å². The molecule has 0 unspecified atom stereocenters. The Morgan fingerprint density at radius 3 is 1.80 bits per heavy atom. The molecule has 20 heavy (non-hydrogen) atoms. The van der Waals surface area contributed by atoms with E-state index in [-0.39, 0.29) is 16.2 Å². The van der Waals surface area contributed by atoms with Crippen molar-refractivity contribution < 1.29 is 5.11 Å². The van der Waals surface area contributed by atoms with Gasteiger partial charge in [0.25, 0.3) is 0 Å². The van der Waals surface area contributed by atoms with Crippen molar-refractivity contribution in [3.05, 3.63) is 0 Å². The zero-order chi connectivity index (χ0) is 15.2. The van der Waals surface area contributed by atoms with Crippen molar-refractivity contribution in [2.24, 2.45) is 27.9 Å². The minimum absolute atomic E-state index is 0.0472. The van der Waals surface area contributed by atoms with Gasteiger partial charge >= 0.3 is 0 Å². The third-order valence-corrected chi connectivity index (χ3v) is 6.11. The van der Waals surface area contributed by atoms with Crippen LogP contribution in [0.1, 0.15) is 79.6 Å². The van der Waals surface area contributed by atoms with Crippen molar-refractivity contribution in [1.82, 2.24) is 0 Å². The Morgan fingerprint density at radius 2 is 1.40 bits per heavy atom. The van der Waals surface area contributed by atoms with E-state index in [2.05, 4.69) is 34.6 Å². The highest BCUT2D eigenvalue weighted by atomic mass is 16.3. The predicted octanol–water partition coefficient (Wildman–Crippen LogP) is 4.11. The molecule has 2 aliphatic carbocycles. The van der Waals surface area contributed by atoms with Crippen LogP contribution in [0.4, 0.5) is 0 Å². The minimum atomic E-state index is -0.576. The average Bonchev–Trinajstić information content (AvgIpc) is 2.25. The molecule has 0 aliphatic heterocycles. The minimum Gasteiger partial charge on any atom is -0.389 e. The molecular formula is C18H35NO. The molecular weight excluding hydrogens is 246 g/mol. The van der Waals surface area contributed by atoms with Gasteiger partial charge in [0.05, 0.1) is 5.60 Å². The highest BCUT2D eigenvalue weighted by molar-refractivity contribution is 5.08. The molecule has 0 amide bonds. The van der Waals surface area contributed by atoms with Crippen molar-refractivity contribution in [1.29, 1.82) is 0 Å². The Hall–Kier alpha value is -0.0800. The summed E-state index contributed by atoms with van der Waals surface area (Å²) in [7, 11) is 0. The summed E-state index contributed by atoms with van der Waals surface area (Å²) >= 11 is 0. The molecule has 0 atom stereocenters. The van der Waals surface area contributed by atoms with Gasteiger partial charge in [-0.3, -0.25) is 0 Å². The largest absolute Gasteiger partial charge is 0.389 e. The molecule has 2 aliphatic rings.